The molecule has 1 heterocycles. The molecule has 0 bridgehead atoms. The van der Waals surface area contributed by atoms with Crippen LogP contribution in [0, 0.1) is 5.92 Å². The highest BCUT2D eigenvalue weighted by molar-refractivity contribution is 7.11. The van der Waals surface area contributed by atoms with Crippen LogP contribution in [0.1, 0.15) is 43.5 Å². The first-order valence-corrected chi connectivity index (χ1v) is 7.12. The molecule has 0 saturated heterocycles. The Hall–Kier alpha value is -0.450. The van der Waals surface area contributed by atoms with Crippen LogP contribution in [0.2, 0.25) is 0 Å². The molecule has 4 heteroatoms. The molecule has 0 spiro atoms. The van der Waals surface area contributed by atoms with Gasteiger partial charge in [0.1, 0.15) is 0 Å². The zero-order valence-corrected chi connectivity index (χ0v) is 11.7. The maximum atomic E-state index is 9.73. The summed E-state index contributed by atoms with van der Waals surface area (Å²) in [5.74, 6) is 0.550. The van der Waals surface area contributed by atoms with Gasteiger partial charge in [0, 0.05) is 29.6 Å². The lowest BCUT2D eigenvalue weighted by Crippen LogP contribution is -2.27. The van der Waals surface area contributed by atoms with Gasteiger partial charge in [0.05, 0.1) is 11.1 Å². The van der Waals surface area contributed by atoms with E-state index in [-0.39, 0.29) is 11.5 Å². The zero-order valence-electron chi connectivity index (χ0n) is 10.9. The number of rotatable bonds is 5. The molecule has 3 nitrogen and oxygen atoms in total. The Labute approximate surface area is 107 Å². The van der Waals surface area contributed by atoms with Crippen LogP contribution in [0.25, 0.3) is 0 Å². The van der Waals surface area contributed by atoms with Crippen molar-refractivity contribution >= 4 is 11.3 Å². The first-order chi connectivity index (χ1) is 7.97. The summed E-state index contributed by atoms with van der Waals surface area (Å²) in [5.41, 5.74) is 0.135. The molecule has 0 radical (unpaired) electrons. The second kappa shape index (κ2) is 5.04. The van der Waals surface area contributed by atoms with Crippen molar-refractivity contribution in [2.24, 2.45) is 5.92 Å². The lowest BCUT2D eigenvalue weighted by molar-refractivity contribution is 0.148. The summed E-state index contributed by atoms with van der Waals surface area (Å²) in [6, 6.07) is 0. The van der Waals surface area contributed by atoms with Crippen LogP contribution < -0.4 is 5.32 Å². The van der Waals surface area contributed by atoms with Crippen LogP contribution in [0.3, 0.4) is 0 Å². The number of nitrogens with zero attached hydrogens (tertiary/aromatic N) is 1. The lowest BCUT2D eigenvalue weighted by atomic mass is 9.98. The van der Waals surface area contributed by atoms with Crippen molar-refractivity contribution < 1.29 is 5.11 Å². The first-order valence-electron chi connectivity index (χ1n) is 6.31. The number of aliphatic hydroxyl groups is 1. The Bertz CT molecular complexity index is 366. The fourth-order valence-corrected chi connectivity index (χ4v) is 2.67. The van der Waals surface area contributed by atoms with Gasteiger partial charge in [-0.1, -0.05) is 20.8 Å². The molecule has 2 N–H and O–H groups in total. The molecule has 1 aliphatic carbocycles. The van der Waals surface area contributed by atoms with E-state index in [2.05, 4.69) is 31.1 Å². The molecule has 0 aliphatic heterocycles. The molecule has 1 aliphatic rings. The molecule has 1 aromatic rings. The van der Waals surface area contributed by atoms with E-state index >= 15 is 0 Å². The van der Waals surface area contributed by atoms with Crippen LogP contribution in [0.15, 0.2) is 6.20 Å². The standard InChI is InChI=1S/C13H22N2OS/c1-13(2,3)12-15-7-10(17-12)6-14-8-11(16)9-4-5-9/h7,9,11,14,16H,4-6,8H2,1-3H3. The van der Waals surface area contributed by atoms with E-state index in [1.54, 1.807) is 11.3 Å². The fraction of sp³-hybridized carbons (Fsp3) is 0.769. The van der Waals surface area contributed by atoms with Crippen molar-refractivity contribution in [3.63, 3.8) is 0 Å². The van der Waals surface area contributed by atoms with E-state index in [9.17, 15) is 5.11 Å². The number of hydrogen-bond donors (Lipinski definition) is 2. The van der Waals surface area contributed by atoms with Crippen LogP contribution >= 0.6 is 11.3 Å². The molecule has 1 saturated carbocycles. The molecule has 1 fully saturated rings. The minimum atomic E-state index is -0.162. The Morgan fingerprint density at radius 1 is 1.53 bits per heavy atom. The average Bonchev–Trinajstić information content (AvgIpc) is 2.97. The highest BCUT2D eigenvalue weighted by Crippen LogP contribution is 2.32. The minimum Gasteiger partial charge on any atom is -0.392 e. The van der Waals surface area contributed by atoms with Gasteiger partial charge in [-0.05, 0) is 18.8 Å². The predicted octanol–water partition coefficient (Wildman–Crippen LogP) is 2.30. The van der Waals surface area contributed by atoms with Gasteiger partial charge in [0.15, 0.2) is 0 Å². The molecule has 0 amide bonds. The van der Waals surface area contributed by atoms with Crippen molar-refractivity contribution in [1.29, 1.82) is 0 Å². The first kappa shape index (κ1) is 13.0. The van der Waals surface area contributed by atoms with Crippen LogP contribution in [0.5, 0.6) is 0 Å². The highest BCUT2D eigenvalue weighted by Gasteiger charge is 2.29. The van der Waals surface area contributed by atoms with Crippen molar-refractivity contribution in [3.8, 4) is 0 Å². The van der Waals surface area contributed by atoms with Crippen LogP contribution in [-0.2, 0) is 12.0 Å². The normalized spacial score (nSPS) is 18.4. The van der Waals surface area contributed by atoms with Gasteiger partial charge in [0.25, 0.3) is 0 Å². The van der Waals surface area contributed by atoms with Gasteiger partial charge in [-0.3, -0.25) is 0 Å². The van der Waals surface area contributed by atoms with Gasteiger partial charge in [-0.2, -0.15) is 0 Å². The molecule has 1 atom stereocenters. The minimum absolute atomic E-state index is 0.135. The van der Waals surface area contributed by atoms with Crippen molar-refractivity contribution in [1.82, 2.24) is 10.3 Å². The quantitative estimate of drug-likeness (QED) is 0.847. The van der Waals surface area contributed by atoms with Gasteiger partial charge in [-0.25, -0.2) is 4.98 Å². The van der Waals surface area contributed by atoms with E-state index in [0.717, 1.165) is 6.54 Å². The molecule has 0 aromatic carbocycles. The average molecular weight is 254 g/mol. The molecule has 2 rings (SSSR count). The summed E-state index contributed by atoms with van der Waals surface area (Å²) in [4.78, 5) is 5.70. The van der Waals surface area contributed by atoms with Crippen LogP contribution in [0.4, 0.5) is 0 Å². The molecule has 1 aromatic heterocycles. The summed E-state index contributed by atoms with van der Waals surface area (Å²) in [6.07, 6.45) is 4.17. The molecule has 17 heavy (non-hydrogen) atoms. The maximum absolute atomic E-state index is 9.73. The Balaban J connectivity index is 1.77. The smallest absolute Gasteiger partial charge is 0.0981 e. The SMILES string of the molecule is CC(C)(C)c1ncc(CNCC(O)C2CC2)s1. The molecule has 96 valence electrons. The molecular weight excluding hydrogens is 232 g/mol. The van der Waals surface area contributed by atoms with E-state index in [4.69, 9.17) is 0 Å². The molecule has 1 unspecified atom stereocenters. The number of aliphatic hydroxyl groups excluding tert-OH is 1. The second-order valence-electron chi connectivity index (χ2n) is 5.92. The summed E-state index contributed by atoms with van der Waals surface area (Å²) in [5, 5.41) is 14.2. The van der Waals surface area contributed by atoms with Gasteiger partial charge in [0.2, 0.25) is 0 Å². The number of hydrogen-bond acceptors (Lipinski definition) is 4. The van der Waals surface area contributed by atoms with Crippen molar-refractivity contribution in [3.05, 3.63) is 16.1 Å². The highest BCUT2D eigenvalue weighted by atomic mass is 32.1. The van der Waals surface area contributed by atoms with Crippen molar-refractivity contribution in [2.45, 2.75) is 51.7 Å². The third-order valence-electron chi connectivity index (χ3n) is 3.01. The van der Waals surface area contributed by atoms with E-state index in [1.165, 1.54) is 22.7 Å². The summed E-state index contributed by atoms with van der Waals surface area (Å²) >= 11 is 1.76. The third kappa shape index (κ3) is 3.76. The lowest BCUT2D eigenvalue weighted by Gasteiger charge is -2.13. The molecular formula is C13H22N2OS. The largest absolute Gasteiger partial charge is 0.392 e. The Morgan fingerprint density at radius 3 is 2.76 bits per heavy atom. The fourth-order valence-electron chi connectivity index (χ4n) is 1.73. The number of thiazole rings is 1. The summed E-state index contributed by atoms with van der Waals surface area (Å²) in [7, 11) is 0. The van der Waals surface area contributed by atoms with E-state index in [1.807, 2.05) is 6.20 Å². The Morgan fingerprint density at radius 2 is 2.24 bits per heavy atom. The predicted molar refractivity (Wildman–Crippen MR) is 71.3 cm³/mol. The topological polar surface area (TPSA) is 45.2 Å². The van der Waals surface area contributed by atoms with Crippen molar-refractivity contribution in [2.75, 3.05) is 6.54 Å². The van der Waals surface area contributed by atoms with E-state index < -0.39 is 0 Å². The third-order valence-corrected chi connectivity index (χ3v) is 4.44. The van der Waals surface area contributed by atoms with Gasteiger partial charge in [-0.15, -0.1) is 11.3 Å². The second-order valence-corrected chi connectivity index (χ2v) is 7.03. The number of nitrogens with one attached hydrogen (secondary N) is 1. The van der Waals surface area contributed by atoms with Gasteiger partial charge >= 0.3 is 0 Å². The monoisotopic (exact) mass is 254 g/mol. The summed E-state index contributed by atoms with van der Waals surface area (Å²) in [6.45, 7) is 8.06. The Kier molecular flexibility index (Phi) is 3.85. The maximum Gasteiger partial charge on any atom is 0.0981 e. The number of aromatic nitrogens is 1. The van der Waals surface area contributed by atoms with Crippen LogP contribution in [-0.4, -0.2) is 22.7 Å². The summed E-state index contributed by atoms with van der Waals surface area (Å²) < 4.78 is 0. The zero-order chi connectivity index (χ0) is 12.5. The van der Waals surface area contributed by atoms with Gasteiger partial charge < -0.3 is 10.4 Å². The van der Waals surface area contributed by atoms with E-state index in [0.29, 0.717) is 12.5 Å².